The highest BCUT2D eigenvalue weighted by molar-refractivity contribution is 7.07. The van der Waals surface area contributed by atoms with Gasteiger partial charge in [-0.2, -0.15) is 0 Å². The van der Waals surface area contributed by atoms with Crippen LogP contribution in [0.2, 0.25) is 0 Å². The molecule has 0 aliphatic carbocycles. The summed E-state index contributed by atoms with van der Waals surface area (Å²) in [7, 11) is 0. The number of carbonyl (C=O) groups excluding carboxylic acids is 2. The van der Waals surface area contributed by atoms with Gasteiger partial charge >= 0.3 is 0 Å². The van der Waals surface area contributed by atoms with Crippen LogP contribution < -0.4 is 10.5 Å². The average molecular weight is 345 g/mol. The number of amides is 2. The largest absolute Gasteiger partial charge is 0.487 e. The third-order valence-electron chi connectivity index (χ3n) is 4.06. The topological polar surface area (TPSA) is 85.5 Å². The second-order valence-electron chi connectivity index (χ2n) is 5.79. The molecule has 1 aliphatic heterocycles. The number of rotatable bonds is 5. The van der Waals surface area contributed by atoms with E-state index in [2.05, 4.69) is 4.98 Å². The minimum absolute atomic E-state index is 0.0972. The lowest BCUT2D eigenvalue weighted by Gasteiger charge is -2.31. The summed E-state index contributed by atoms with van der Waals surface area (Å²) < 4.78 is 5.69. The average Bonchev–Trinajstić information content (AvgIpc) is 3.13. The van der Waals surface area contributed by atoms with Crippen LogP contribution in [0.5, 0.6) is 5.75 Å². The van der Waals surface area contributed by atoms with Crippen molar-refractivity contribution < 1.29 is 14.3 Å². The van der Waals surface area contributed by atoms with Crippen molar-refractivity contribution in [2.75, 3.05) is 13.1 Å². The number of nitrogens with zero attached hydrogens (tertiary/aromatic N) is 2. The predicted molar refractivity (Wildman–Crippen MR) is 90.7 cm³/mol. The number of ether oxygens (including phenoxy) is 1. The fourth-order valence-electron chi connectivity index (χ4n) is 2.76. The van der Waals surface area contributed by atoms with Crippen molar-refractivity contribution in [3.63, 3.8) is 0 Å². The van der Waals surface area contributed by atoms with E-state index < -0.39 is 0 Å². The van der Waals surface area contributed by atoms with Crippen LogP contribution in [-0.2, 0) is 11.4 Å². The Hall–Kier alpha value is -2.41. The van der Waals surface area contributed by atoms with Crippen LogP contribution in [0.3, 0.4) is 0 Å². The molecule has 0 bridgehead atoms. The summed E-state index contributed by atoms with van der Waals surface area (Å²) in [5.41, 5.74) is 8.54. The molecule has 0 radical (unpaired) electrons. The molecule has 3 rings (SSSR count). The third kappa shape index (κ3) is 3.91. The lowest BCUT2D eigenvalue weighted by molar-refractivity contribution is -0.123. The van der Waals surface area contributed by atoms with Crippen LogP contribution in [0.1, 0.15) is 28.9 Å². The molecular formula is C17H19N3O3S. The second kappa shape index (κ2) is 7.44. The van der Waals surface area contributed by atoms with Gasteiger partial charge < -0.3 is 15.4 Å². The Morgan fingerprint density at radius 1 is 1.42 bits per heavy atom. The monoisotopic (exact) mass is 345 g/mol. The summed E-state index contributed by atoms with van der Waals surface area (Å²) in [4.78, 5) is 29.9. The highest BCUT2D eigenvalue weighted by atomic mass is 32.1. The van der Waals surface area contributed by atoms with Gasteiger partial charge in [0.05, 0.1) is 17.1 Å². The van der Waals surface area contributed by atoms with Crippen molar-refractivity contribution in [3.8, 4) is 5.75 Å². The molecule has 2 amide bonds. The maximum absolute atomic E-state index is 12.7. The molecule has 2 heterocycles. The number of piperidine rings is 1. The number of likely N-dealkylation sites (tertiary alicyclic amines) is 1. The maximum atomic E-state index is 12.7. The van der Waals surface area contributed by atoms with Crippen molar-refractivity contribution in [2.24, 2.45) is 11.7 Å². The zero-order valence-corrected chi connectivity index (χ0v) is 14.0. The fourth-order valence-corrected chi connectivity index (χ4v) is 3.30. The normalized spacial score (nSPS) is 17.5. The summed E-state index contributed by atoms with van der Waals surface area (Å²) in [6.45, 7) is 1.40. The van der Waals surface area contributed by atoms with Crippen LogP contribution >= 0.6 is 11.3 Å². The lowest BCUT2D eigenvalue weighted by atomic mass is 9.97. The molecule has 24 heavy (non-hydrogen) atoms. The first-order valence-corrected chi connectivity index (χ1v) is 8.76. The molecule has 126 valence electrons. The van der Waals surface area contributed by atoms with E-state index in [4.69, 9.17) is 10.5 Å². The van der Waals surface area contributed by atoms with Gasteiger partial charge in [0.2, 0.25) is 5.91 Å². The predicted octanol–water partition coefficient (Wildman–Crippen LogP) is 2.06. The van der Waals surface area contributed by atoms with Crippen molar-refractivity contribution in [3.05, 3.63) is 46.4 Å². The van der Waals surface area contributed by atoms with Gasteiger partial charge in [0, 0.05) is 24.0 Å². The molecule has 1 aromatic carbocycles. The van der Waals surface area contributed by atoms with Gasteiger partial charge in [-0.25, -0.2) is 4.98 Å². The molecule has 2 aromatic rings. The Morgan fingerprint density at radius 3 is 3.04 bits per heavy atom. The van der Waals surface area contributed by atoms with E-state index in [0.717, 1.165) is 18.5 Å². The van der Waals surface area contributed by atoms with Gasteiger partial charge in [-0.1, -0.05) is 6.07 Å². The smallest absolute Gasteiger partial charge is 0.254 e. The molecule has 1 atom stereocenters. The Labute approximate surface area is 144 Å². The minimum Gasteiger partial charge on any atom is -0.487 e. The summed E-state index contributed by atoms with van der Waals surface area (Å²) >= 11 is 1.51. The fraction of sp³-hybridized carbons (Fsp3) is 0.353. The van der Waals surface area contributed by atoms with Crippen molar-refractivity contribution in [1.29, 1.82) is 0 Å². The van der Waals surface area contributed by atoms with Crippen molar-refractivity contribution in [1.82, 2.24) is 9.88 Å². The van der Waals surface area contributed by atoms with Gasteiger partial charge in [0.15, 0.2) is 0 Å². The molecule has 6 nitrogen and oxygen atoms in total. The van der Waals surface area contributed by atoms with Gasteiger partial charge in [0.25, 0.3) is 5.91 Å². The van der Waals surface area contributed by atoms with Gasteiger partial charge in [0.1, 0.15) is 12.4 Å². The maximum Gasteiger partial charge on any atom is 0.254 e. The zero-order valence-electron chi connectivity index (χ0n) is 13.2. The number of primary amides is 1. The number of thiazole rings is 1. The van der Waals surface area contributed by atoms with Gasteiger partial charge in [-0.15, -0.1) is 11.3 Å². The van der Waals surface area contributed by atoms with Crippen LogP contribution in [-0.4, -0.2) is 34.8 Å². The first-order chi connectivity index (χ1) is 11.6. The molecule has 7 heteroatoms. The molecule has 0 saturated carbocycles. The first kappa shape index (κ1) is 16.4. The Balaban J connectivity index is 1.66. The Bertz CT molecular complexity index is 718. The number of aromatic nitrogens is 1. The van der Waals surface area contributed by atoms with E-state index >= 15 is 0 Å². The molecule has 2 N–H and O–H groups in total. The number of nitrogens with two attached hydrogens (primary N) is 1. The lowest BCUT2D eigenvalue weighted by Crippen LogP contribution is -2.44. The Morgan fingerprint density at radius 2 is 2.29 bits per heavy atom. The molecule has 1 aromatic heterocycles. The van der Waals surface area contributed by atoms with Gasteiger partial charge in [-0.3, -0.25) is 9.59 Å². The number of carbonyl (C=O) groups is 2. The number of hydrogen-bond donors (Lipinski definition) is 1. The number of hydrogen-bond acceptors (Lipinski definition) is 5. The minimum atomic E-state index is -0.340. The van der Waals surface area contributed by atoms with E-state index in [1.807, 2.05) is 11.4 Å². The molecule has 0 unspecified atom stereocenters. The van der Waals surface area contributed by atoms with Crippen molar-refractivity contribution >= 4 is 23.2 Å². The van der Waals surface area contributed by atoms with E-state index in [0.29, 0.717) is 31.0 Å². The van der Waals surface area contributed by atoms with Crippen LogP contribution in [0.25, 0.3) is 0 Å². The molecule has 1 fully saturated rings. The van der Waals surface area contributed by atoms with Crippen LogP contribution in [0.15, 0.2) is 35.2 Å². The summed E-state index contributed by atoms with van der Waals surface area (Å²) in [6, 6.07) is 7.08. The molecule has 0 spiro atoms. The second-order valence-corrected chi connectivity index (χ2v) is 6.51. The van der Waals surface area contributed by atoms with Crippen LogP contribution in [0.4, 0.5) is 0 Å². The third-order valence-corrected chi connectivity index (χ3v) is 4.70. The van der Waals surface area contributed by atoms with E-state index in [-0.39, 0.29) is 17.7 Å². The van der Waals surface area contributed by atoms with E-state index in [1.54, 1.807) is 28.6 Å². The van der Waals surface area contributed by atoms with Gasteiger partial charge in [-0.05, 0) is 31.0 Å². The van der Waals surface area contributed by atoms with Crippen LogP contribution in [0, 0.1) is 5.92 Å². The molecule has 1 saturated heterocycles. The molecule has 1 aliphatic rings. The standard InChI is InChI=1S/C17H19N3O3S/c18-16(21)13-4-2-6-20(8-13)17(22)12-3-1-5-15(7-12)23-9-14-10-24-11-19-14/h1,3,5,7,10-11,13H,2,4,6,8-9H2,(H2,18,21)/t13-/m1/s1. The van der Waals surface area contributed by atoms with E-state index in [9.17, 15) is 9.59 Å². The summed E-state index contributed by atoms with van der Waals surface area (Å²) in [5.74, 6) is -0.0722. The zero-order chi connectivity index (χ0) is 16.9. The summed E-state index contributed by atoms with van der Waals surface area (Å²) in [5, 5.41) is 1.92. The highest BCUT2D eigenvalue weighted by Gasteiger charge is 2.27. The van der Waals surface area contributed by atoms with Crippen molar-refractivity contribution in [2.45, 2.75) is 19.4 Å². The quantitative estimate of drug-likeness (QED) is 0.899. The molecular weight excluding hydrogens is 326 g/mol. The Kier molecular flexibility index (Phi) is 5.10. The number of benzene rings is 1. The summed E-state index contributed by atoms with van der Waals surface area (Å²) in [6.07, 6.45) is 1.54. The van der Waals surface area contributed by atoms with E-state index in [1.165, 1.54) is 11.3 Å². The highest BCUT2D eigenvalue weighted by Crippen LogP contribution is 2.21. The SMILES string of the molecule is NC(=O)[C@@H]1CCCN(C(=O)c2cccc(OCc3cscn3)c2)C1. The first-order valence-electron chi connectivity index (χ1n) is 7.82.